The molecule has 1 amide bonds. The zero-order valence-corrected chi connectivity index (χ0v) is 12.0. The van der Waals surface area contributed by atoms with Gasteiger partial charge in [0.05, 0.1) is 13.2 Å². The molecule has 1 rings (SSSR count). The van der Waals surface area contributed by atoms with Crippen molar-refractivity contribution in [2.45, 2.75) is 39.7 Å². The van der Waals surface area contributed by atoms with Gasteiger partial charge in [0.2, 0.25) is 0 Å². The Morgan fingerprint density at radius 2 is 2.17 bits per heavy atom. The molecule has 0 aromatic carbocycles. The van der Waals surface area contributed by atoms with Crippen molar-refractivity contribution in [3.63, 3.8) is 0 Å². The zero-order valence-electron chi connectivity index (χ0n) is 12.0. The van der Waals surface area contributed by atoms with Gasteiger partial charge in [-0.1, -0.05) is 27.4 Å². The highest BCUT2D eigenvalue weighted by molar-refractivity contribution is 5.67. The third-order valence-corrected chi connectivity index (χ3v) is 3.55. The maximum atomic E-state index is 11.4. The average Bonchev–Trinajstić information content (AvgIpc) is 2.34. The smallest absolute Gasteiger partial charge is 0.407 e. The standard InChI is InChI=1S/C14H26N2O2/c1-10(2)13(15-14(17)18-5)12(4)16-8-6-7-11(3)9-16/h10-11,13H,4,6-9H2,1-3,5H3,(H,15,17)/t11-,13-/m0/s1. The highest BCUT2D eigenvalue weighted by atomic mass is 16.5. The van der Waals surface area contributed by atoms with Gasteiger partial charge in [0.15, 0.2) is 0 Å². The number of carbonyl (C=O) groups is 1. The molecule has 0 bridgehead atoms. The van der Waals surface area contributed by atoms with Crippen molar-refractivity contribution in [1.29, 1.82) is 0 Å². The number of piperidine rings is 1. The Hall–Kier alpha value is -1.19. The lowest BCUT2D eigenvalue weighted by Gasteiger charge is -2.38. The molecule has 4 nitrogen and oxygen atoms in total. The lowest BCUT2D eigenvalue weighted by molar-refractivity contribution is 0.157. The second-order valence-corrected chi connectivity index (χ2v) is 5.54. The van der Waals surface area contributed by atoms with Crippen LogP contribution in [0.4, 0.5) is 4.79 Å². The molecule has 0 saturated carbocycles. The largest absolute Gasteiger partial charge is 0.453 e. The fourth-order valence-corrected chi connectivity index (χ4v) is 2.47. The number of likely N-dealkylation sites (tertiary alicyclic amines) is 1. The molecule has 0 radical (unpaired) electrons. The van der Waals surface area contributed by atoms with E-state index in [2.05, 4.69) is 42.3 Å². The van der Waals surface area contributed by atoms with E-state index in [1.165, 1.54) is 20.0 Å². The van der Waals surface area contributed by atoms with E-state index in [0.29, 0.717) is 11.8 Å². The van der Waals surface area contributed by atoms with Gasteiger partial charge in [-0.15, -0.1) is 0 Å². The Morgan fingerprint density at radius 1 is 1.50 bits per heavy atom. The Balaban J connectivity index is 2.66. The second-order valence-electron chi connectivity index (χ2n) is 5.54. The van der Waals surface area contributed by atoms with Crippen LogP contribution in [0.5, 0.6) is 0 Å². The van der Waals surface area contributed by atoms with Crippen molar-refractivity contribution in [2.24, 2.45) is 11.8 Å². The minimum Gasteiger partial charge on any atom is -0.453 e. The van der Waals surface area contributed by atoms with Crippen LogP contribution in [0.2, 0.25) is 0 Å². The number of methoxy groups -OCH3 is 1. The molecule has 1 heterocycles. The van der Waals surface area contributed by atoms with Crippen molar-refractivity contribution in [3.8, 4) is 0 Å². The van der Waals surface area contributed by atoms with Crippen molar-refractivity contribution in [2.75, 3.05) is 20.2 Å². The Kier molecular flexibility index (Phi) is 5.51. The molecule has 0 unspecified atom stereocenters. The first-order valence-corrected chi connectivity index (χ1v) is 6.74. The molecule has 1 aliphatic rings. The quantitative estimate of drug-likeness (QED) is 0.838. The van der Waals surface area contributed by atoms with Crippen LogP contribution < -0.4 is 5.32 Å². The first-order chi connectivity index (χ1) is 8.45. The zero-order chi connectivity index (χ0) is 13.7. The summed E-state index contributed by atoms with van der Waals surface area (Å²) in [5, 5.41) is 2.88. The normalized spacial score (nSPS) is 21.6. The van der Waals surface area contributed by atoms with Crippen LogP contribution in [0, 0.1) is 11.8 Å². The van der Waals surface area contributed by atoms with Crippen LogP contribution in [-0.2, 0) is 4.74 Å². The van der Waals surface area contributed by atoms with Crippen molar-refractivity contribution in [3.05, 3.63) is 12.3 Å². The van der Waals surface area contributed by atoms with Crippen molar-refractivity contribution in [1.82, 2.24) is 10.2 Å². The van der Waals surface area contributed by atoms with E-state index in [0.717, 1.165) is 18.8 Å². The molecule has 1 N–H and O–H groups in total. The maximum Gasteiger partial charge on any atom is 0.407 e. The van der Waals surface area contributed by atoms with Gasteiger partial charge in [0.25, 0.3) is 0 Å². The fourth-order valence-electron chi connectivity index (χ4n) is 2.47. The fraction of sp³-hybridized carbons (Fsp3) is 0.786. The van der Waals surface area contributed by atoms with Gasteiger partial charge < -0.3 is 15.0 Å². The van der Waals surface area contributed by atoms with Crippen LogP contribution in [0.3, 0.4) is 0 Å². The highest BCUT2D eigenvalue weighted by Gasteiger charge is 2.26. The number of rotatable bonds is 4. The Labute approximate surface area is 110 Å². The van der Waals surface area contributed by atoms with Gasteiger partial charge in [-0.2, -0.15) is 0 Å². The van der Waals surface area contributed by atoms with Gasteiger partial charge in [0.1, 0.15) is 0 Å². The molecule has 1 saturated heterocycles. The number of nitrogens with zero attached hydrogens (tertiary/aromatic N) is 1. The summed E-state index contributed by atoms with van der Waals surface area (Å²) in [6.07, 6.45) is 2.09. The van der Waals surface area contributed by atoms with Gasteiger partial charge in [-0.25, -0.2) is 4.79 Å². The van der Waals surface area contributed by atoms with E-state index in [-0.39, 0.29) is 12.1 Å². The van der Waals surface area contributed by atoms with Crippen molar-refractivity contribution < 1.29 is 9.53 Å². The summed E-state index contributed by atoms with van der Waals surface area (Å²) in [5.74, 6) is 0.996. The molecule has 18 heavy (non-hydrogen) atoms. The summed E-state index contributed by atoms with van der Waals surface area (Å²) in [6.45, 7) is 12.7. The number of alkyl carbamates (subject to hydrolysis) is 1. The molecule has 0 aromatic heterocycles. The van der Waals surface area contributed by atoms with Crippen LogP contribution in [0.15, 0.2) is 12.3 Å². The first kappa shape index (κ1) is 14.9. The number of amides is 1. The SMILES string of the molecule is C=C([C@@H](NC(=O)OC)C(C)C)N1CCC[C@H](C)C1. The maximum absolute atomic E-state index is 11.4. The summed E-state index contributed by atoms with van der Waals surface area (Å²) in [6, 6.07) is -0.0530. The van der Waals surface area contributed by atoms with Crippen LogP contribution in [-0.4, -0.2) is 37.2 Å². The molecule has 1 aliphatic heterocycles. The van der Waals surface area contributed by atoms with E-state index in [9.17, 15) is 4.79 Å². The van der Waals surface area contributed by atoms with Crippen molar-refractivity contribution >= 4 is 6.09 Å². The Morgan fingerprint density at radius 3 is 2.67 bits per heavy atom. The van der Waals surface area contributed by atoms with E-state index in [1.807, 2.05) is 0 Å². The molecule has 104 valence electrons. The number of carbonyl (C=O) groups excluding carboxylic acids is 1. The lowest BCUT2D eigenvalue weighted by atomic mass is 9.95. The molecule has 4 heteroatoms. The number of hydrogen-bond acceptors (Lipinski definition) is 3. The van der Waals surface area contributed by atoms with Crippen LogP contribution in [0.25, 0.3) is 0 Å². The molecule has 1 fully saturated rings. The van der Waals surface area contributed by atoms with Gasteiger partial charge in [-0.05, 0) is 24.7 Å². The summed E-state index contributed by atoms with van der Waals surface area (Å²) in [5.41, 5.74) is 1.00. The van der Waals surface area contributed by atoms with E-state index < -0.39 is 0 Å². The molecular weight excluding hydrogens is 228 g/mol. The van der Waals surface area contributed by atoms with Gasteiger partial charge >= 0.3 is 6.09 Å². The monoisotopic (exact) mass is 254 g/mol. The van der Waals surface area contributed by atoms with Crippen LogP contribution >= 0.6 is 0 Å². The summed E-state index contributed by atoms with van der Waals surface area (Å²) < 4.78 is 4.68. The lowest BCUT2D eigenvalue weighted by Crippen LogP contribution is -2.46. The predicted molar refractivity (Wildman–Crippen MR) is 73.3 cm³/mol. The van der Waals surface area contributed by atoms with Crippen LogP contribution in [0.1, 0.15) is 33.6 Å². The average molecular weight is 254 g/mol. The first-order valence-electron chi connectivity index (χ1n) is 6.74. The molecule has 0 aliphatic carbocycles. The predicted octanol–water partition coefficient (Wildman–Crippen LogP) is 2.61. The number of ether oxygens (including phenoxy) is 1. The van der Waals surface area contributed by atoms with E-state index in [4.69, 9.17) is 0 Å². The third-order valence-electron chi connectivity index (χ3n) is 3.55. The highest BCUT2D eigenvalue weighted by Crippen LogP contribution is 2.22. The summed E-state index contributed by atoms with van der Waals surface area (Å²) in [4.78, 5) is 13.7. The minimum absolute atomic E-state index is 0.0530. The summed E-state index contributed by atoms with van der Waals surface area (Å²) in [7, 11) is 1.39. The topological polar surface area (TPSA) is 41.6 Å². The van der Waals surface area contributed by atoms with E-state index >= 15 is 0 Å². The molecule has 0 spiro atoms. The Bertz CT molecular complexity index is 302. The molecule has 0 aromatic rings. The van der Waals surface area contributed by atoms with Gasteiger partial charge in [0, 0.05) is 18.8 Å². The number of hydrogen-bond donors (Lipinski definition) is 1. The van der Waals surface area contributed by atoms with E-state index in [1.54, 1.807) is 0 Å². The molecule has 2 atom stereocenters. The summed E-state index contributed by atoms with van der Waals surface area (Å²) >= 11 is 0. The second kappa shape index (κ2) is 6.66. The van der Waals surface area contributed by atoms with Gasteiger partial charge in [-0.3, -0.25) is 0 Å². The number of nitrogens with one attached hydrogen (secondary N) is 1. The third kappa shape index (κ3) is 3.93. The molecular formula is C14H26N2O2. The minimum atomic E-state index is -0.389.